The molecule has 0 unspecified atom stereocenters. The average molecular weight is 326 g/mol. The van der Waals surface area contributed by atoms with Gasteiger partial charge in [-0.1, -0.05) is 53.5 Å². The number of rotatable bonds is 3. The first-order chi connectivity index (χ1) is 8.54. The number of halogens is 2. The Morgan fingerprint density at radius 1 is 1.17 bits per heavy atom. The van der Waals surface area contributed by atoms with Crippen molar-refractivity contribution in [2.24, 2.45) is 5.92 Å². The second kappa shape index (κ2) is 5.81. The Hall–Kier alpha value is -0.930. The Balaban J connectivity index is 2.38. The fourth-order valence-corrected chi connectivity index (χ4v) is 2.19. The fourth-order valence-electron chi connectivity index (χ4n) is 1.72. The van der Waals surface area contributed by atoms with Gasteiger partial charge in [-0.3, -0.25) is 0 Å². The molecule has 0 radical (unpaired) electrons. The van der Waals surface area contributed by atoms with Gasteiger partial charge in [-0.2, -0.15) is 0 Å². The lowest BCUT2D eigenvalue weighted by Gasteiger charge is -2.07. The van der Waals surface area contributed by atoms with E-state index in [0.29, 0.717) is 16.9 Å². The molecule has 1 aromatic carbocycles. The summed E-state index contributed by atoms with van der Waals surface area (Å²) in [7, 11) is 0. The third kappa shape index (κ3) is 3.53. The molecule has 0 atom stereocenters. The minimum absolute atomic E-state index is 0.499. The second-order valence-electron chi connectivity index (χ2n) is 4.61. The van der Waals surface area contributed by atoms with Gasteiger partial charge >= 0.3 is 0 Å². The van der Waals surface area contributed by atoms with Gasteiger partial charge in [0.2, 0.25) is 0 Å². The molecule has 0 amide bonds. The van der Waals surface area contributed by atoms with Crippen molar-refractivity contribution < 1.29 is 0 Å². The molecular formula is C14H14BrClN2. The van der Waals surface area contributed by atoms with E-state index in [4.69, 9.17) is 11.6 Å². The van der Waals surface area contributed by atoms with Gasteiger partial charge in [0.25, 0.3) is 0 Å². The Kier molecular flexibility index (Phi) is 4.36. The lowest BCUT2D eigenvalue weighted by Crippen LogP contribution is -2.00. The third-order valence-electron chi connectivity index (χ3n) is 2.47. The number of aromatic nitrogens is 2. The zero-order valence-electron chi connectivity index (χ0n) is 10.3. The second-order valence-corrected chi connectivity index (χ2v) is 5.91. The van der Waals surface area contributed by atoms with Crippen LogP contribution in [0.15, 0.2) is 34.8 Å². The molecule has 0 saturated carbocycles. The van der Waals surface area contributed by atoms with Gasteiger partial charge in [-0.05, 0) is 30.5 Å². The predicted octanol–water partition coefficient (Wildman–Crippen LogP) is 4.76. The van der Waals surface area contributed by atoms with E-state index in [1.807, 2.05) is 30.3 Å². The molecule has 0 N–H and O–H groups in total. The van der Waals surface area contributed by atoms with Gasteiger partial charge in [0.1, 0.15) is 5.15 Å². The molecule has 0 bridgehead atoms. The molecule has 2 aromatic rings. The Bertz CT molecular complexity index is 538. The van der Waals surface area contributed by atoms with Crippen molar-refractivity contribution in [3.8, 4) is 11.4 Å². The highest BCUT2D eigenvalue weighted by Crippen LogP contribution is 2.21. The molecule has 4 heteroatoms. The summed E-state index contributed by atoms with van der Waals surface area (Å²) in [6.45, 7) is 4.32. The van der Waals surface area contributed by atoms with Gasteiger partial charge < -0.3 is 0 Å². The molecule has 0 aliphatic carbocycles. The molecule has 94 valence electrons. The van der Waals surface area contributed by atoms with Crippen LogP contribution in [0.1, 0.15) is 19.5 Å². The summed E-state index contributed by atoms with van der Waals surface area (Å²) in [4.78, 5) is 8.84. The van der Waals surface area contributed by atoms with E-state index in [-0.39, 0.29) is 0 Å². The Morgan fingerprint density at radius 2 is 1.83 bits per heavy atom. The minimum atomic E-state index is 0.499. The van der Waals surface area contributed by atoms with E-state index in [0.717, 1.165) is 22.2 Å². The molecule has 0 fully saturated rings. The first kappa shape index (κ1) is 13.5. The molecule has 0 spiro atoms. The third-order valence-corrected chi connectivity index (χ3v) is 3.19. The highest BCUT2D eigenvalue weighted by Gasteiger charge is 2.07. The Morgan fingerprint density at radius 3 is 2.44 bits per heavy atom. The van der Waals surface area contributed by atoms with E-state index in [9.17, 15) is 0 Å². The SMILES string of the molecule is CC(C)Cc1cc(Cl)nc(-c2ccc(Br)cc2)n1. The number of nitrogens with zero attached hydrogens (tertiary/aromatic N) is 2. The van der Waals surface area contributed by atoms with E-state index in [1.54, 1.807) is 0 Å². The van der Waals surface area contributed by atoms with Gasteiger partial charge in [0.15, 0.2) is 5.82 Å². The molecule has 0 aliphatic rings. The quantitative estimate of drug-likeness (QED) is 0.760. The topological polar surface area (TPSA) is 25.8 Å². The number of benzene rings is 1. The van der Waals surface area contributed by atoms with E-state index < -0.39 is 0 Å². The molecule has 1 aromatic heterocycles. The van der Waals surface area contributed by atoms with Crippen molar-refractivity contribution in [2.45, 2.75) is 20.3 Å². The van der Waals surface area contributed by atoms with Crippen LogP contribution in [0.4, 0.5) is 0 Å². The maximum absolute atomic E-state index is 6.05. The fraction of sp³-hybridized carbons (Fsp3) is 0.286. The van der Waals surface area contributed by atoms with Crippen LogP contribution in [0.25, 0.3) is 11.4 Å². The summed E-state index contributed by atoms with van der Waals surface area (Å²) < 4.78 is 1.04. The van der Waals surface area contributed by atoms with Gasteiger partial charge in [-0.25, -0.2) is 9.97 Å². The monoisotopic (exact) mass is 324 g/mol. The van der Waals surface area contributed by atoms with Crippen molar-refractivity contribution in [2.75, 3.05) is 0 Å². The van der Waals surface area contributed by atoms with Crippen LogP contribution in [0.5, 0.6) is 0 Å². The first-order valence-corrected chi connectivity index (χ1v) is 7.01. The van der Waals surface area contributed by atoms with E-state index in [1.165, 1.54) is 0 Å². The molecule has 18 heavy (non-hydrogen) atoms. The van der Waals surface area contributed by atoms with Crippen LogP contribution in [-0.4, -0.2) is 9.97 Å². The van der Waals surface area contributed by atoms with Crippen molar-refractivity contribution in [1.29, 1.82) is 0 Å². The van der Waals surface area contributed by atoms with Crippen molar-refractivity contribution in [3.05, 3.63) is 45.7 Å². The lowest BCUT2D eigenvalue weighted by molar-refractivity contribution is 0.634. The molecule has 0 aliphatic heterocycles. The summed E-state index contributed by atoms with van der Waals surface area (Å²) in [5, 5.41) is 0.499. The van der Waals surface area contributed by atoms with Gasteiger partial charge in [0.05, 0.1) is 0 Å². The van der Waals surface area contributed by atoms with Crippen LogP contribution in [0, 0.1) is 5.92 Å². The maximum Gasteiger partial charge on any atom is 0.161 e. The zero-order chi connectivity index (χ0) is 13.1. The Labute approximate surface area is 121 Å². The summed E-state index contributed by atoms with van der Waals surface area (Å²) in [6, 6.07) is 9.75. The molecule has 2 rings (SSSR count). The van der Waals surface area contributed by atoms with Crippen LogP contribution in [-0.2, 0) is 6.42 Å². The summed E-state index contributed by atoms with van der Waals surface area (Å²) in [5.74, 6) is 1.24. The summed E-state index contributed by atoms with van der Waals surface area (Å²) in [5.41, 5.74) is 1.97. The maximum atomic E-state index is 6.05. The molecular weight excluding hydrogens is 312 g/mol. The lowest BCUT2D eigenvalue weighted by atomic mass is 10.1. The van der Waals surface area contributed by atoms with Crippen LogP contribution < -0.4 is 0 Å². The standard InChI is InChI=1S/C14H14BrClN2/c1-9(2)7-12-8-13(16)18-14(17-12)10-3-5-11(15)6-4-10/h3-6,8-9H,7H2,1-2H3. The number of hydrogen-bond acceptors (Lipinski definition) is 2. The van der Waals surface area contributed by atoms with Crippen LogP contribution >= 0.6 is 27.5 Å². The first-order valence-electron chi connectivity index (χ1n) is 5.84. The smallest absolute Gasteiger partial charge is 0.161 e. The highest BCUT2D eigenvalue weighted by molar-refractivity contribution is 9.10. The minimum Gasteiger partial charge on any atom is -0.233 e. The summed E-state index contributed by atoms with van der Waals surface area (Å²) >= 11 is 9.47. The van der Waals surface area contributed by atoms with E-state index >= 15 is 0 Å². The van der Waals surface area contributed by atoms with E-state index in [2.05, 4.69) is 39.7 Å². The zero-order valence-corrected chi connectivity index (χ0v) is 12.7. The van der Waals surface area contributed by atoms with Gasteiger partial charge in [-0.15, -0.1) is 0 Å². The van der Waals surface area contributed by atoms with Crippen molar-refractivity contribution >= 4 is 27.5 Å². The van der Waals surface area contributed by atoms with Crippen LogP contribution in [0.3, 0.4) is 0 Å². The number of hydrogen-bond donors (Lipinski definition) is 0. The highest BCUT2D eigenvalue weighted by atomic mass is 79.9. The largest absolute Gasteiger partial charge is 0.233 e. The normalized spacial score (nSPS) is 10.9. The summed E-state index contributed by atoms with van der Waals surface area (Å²) in [6.07, 6.45) is 0.909. The average Bonchev–Trinajstić information content (AvgIpc) is 2.28. The molecule has 2 nitrogen and oxygen atoms in total. The molecule has 1 heterocycles. The van der Waals surface area contributed by atoms with Crippen LogP contribution in [0.2, 0.25) is 5.15 Å². The van der Waals surface area contributed by atoms with Crippen molar-refractivity contribution in [1.82, 2.24) is 9.97 Å². The molecule has 0 saturated heterocycles. The van der Waals surface area contributed by atoms with Crippen molar-refractivity contribution in [3.63, 3.8) is 0 Å². The predicted molar refractivity (Wildman–Crippen MR) is 78.7 cm³/mol. The van der Waals surface area contributed by atoms with Gasteiger partial charge in [0, 0.05) is 15.7 Å².